The number of aromatic nitrogens is 3. The Morgan fingerprint density at radius 3 is 2.68 bits per heavy atom. The Labute approximate surface area is 166 Å². The zero-order chi connectivity index (χ0) is 19.7. The van der Waals surface area contributed by atoms with E-state index in [1.165, 1.54) is 25.0 Å². The van der Waals surface area contributed by atoms with Gasteiger partial charge in [0.25, 0.3) is 0 Å². The lowest BCUT2D eigenvalue weighted by molar-refractivity contribution is 0.276. The van der Waals surface area contributed by atoms with E-state index in [0.29, 0.717) is 39.6 Å². The standard InChI is InChI=1S/C19H20ClFN6O/c20-13-7-14(22)19(23-16(9-28)11-3-5-12(21)6-4-11)25-18(13)24-17-8-15(26-27-17)10-1-2-10/h3-8,10,16,28H,1-2,9,22H2,(H3,23,24,25,26,27)/t16-/m0/s1. The number of nitrogens with zero attached hydrogens (tertiary/aromatic N) is 2. The molecule has 2 heterocycles. The van der Waals surface area contributed by atoms with Gasteiger partial charge in [-0.05, 0) is 36.6 Å². The fourth-order valence-corrected chi connectivity index (χ4v) is 3.13. The summed E-state index contributed by atoms with van der Waals surface area (Å²) in [5.74, 6) is 1.57. The lowest BCUT2D eigenvalue weighted by Crippen LogP contribution is -2.17. The molecule has 0 amide bonds. The third kappa shape index (κ3) is 4.02. The summed E-state index contributed by atoms with van der Waals surface area (Å²) < 4.78 is 13.2. The molecule has 1 atom stereocenters. The van der Waals surface area contributed by atoms with E-state index in [4.69, 9.17) is 17.3 Å². The Morgan fingerprint density at radius 1 is 1.25 bits per heavy atom. The van der Waals surface area contributed by atoms with E-state index in [1.807, 2.05) is 6.07 Å². The molecule has 0 saturated heterocycles. The molecule has 2 aromatic heterocycles. The number of nitrogens with two attached hydrogens (primary N) is 1. The van der Waals surface area contributed by atoms with Gasteiger partial charge in [0, 0.05) is 17.7 Å². The summed E-state index contributed by atoms with van der Waals surface area (Å²) in [5.41, 5.74) is 8.16. The van der Waals surface area contributed by atoms with Crippen molar-refractivity contribution < 1.29 is 9.50 Å². The fraction of sp³-hybridized carbons (Fsp3) is 0.263. The van der Waals surface area contributed by atoms with Crippen molar-refractivity contribution in [1.82, 2.24) is 15.2 Å². The molecule has 146 valence electrons. The van der Waals surface area contributed by atoms with Gasteiger partial charge in [0.15, 0.2) is 17.5 Å². The molecule has 7 nitrogen and oxygen atoms in total. The van der Waals surface area contributed by atoms with Gasteiger partial charge in [-0.2, -0.15) is 5.10 Å². The van der Waals surface area contributed by atoms with E-state index in [2.05, 4.69) is 25.8 Å². The summed E-state index contributed by atoms with van der Waals surface area (Å²) in [4.78, 5) is 4.45. The zero-order valence-electron chi connectivity index (χ0n) is 14.9. The minimum atomic E-state index is -0.503. The molecule has 0 radical (unpaired) electrons. The number of hydrogen-bond donors (Lipinski definition) is 5. The summed E-state index contributed by atoms with van der Waals surface area (Å²) >= 11 is 6.28. The van der Waals surface area contributed by atoms with E-state index >= 15 is 0 Å². The van der Waals surface area contributed by atoms with Crippen LogP contribution in [0.5, 0.6) is 0 Å². The summed E-state index contributed by atoms with van der Waals surface area (Å²) in [6.45, 7) is -0.220. The average Bonchev–Trinajstić information content (AvgIpc) is 3.43. The van der Waals surface area contributed by atoms with E-state index in [-0.39, 0.29) is 12.4 Å². The summed E-state index contributed by atoms with van der Waals surface area (Å²) in [5, 5.41) is 23.5. The summed E-state index contributed by atoms with van der Waals surface area (Å²) in [7, 11) is 0. The van der Waals surface area contributed by atoms with Gasteiger partial charge in [-0.3, -0.25) is 5.10 Å². The maximum atomic E-state index is 13.2. The largest absolute Gasteiger partial charge is 0.396 e. The van der Waals surface area contributed by atoms with Gasteiger partial charge in [-0.25, -0.2) is 9.37 Å². The van der Waals surface area contributed by atoms with Crippen LogP contribution in [0.15, 0.2) is 36.4 Å². The zero-order valence-corrected chi connectivity index (χ0v) is 15.7. The first-order valence-corrected chi connectivity index (χ1v) is 9.32. The third-order valence-electron chi connectivity index (χ3n) is 4.63. The van der Waals surface area contributed by atoms with Gasteiger partial charge < -0.3 is 21.5 Å². The molecule has 4 rings (SSSR count). The second kappa shape index (κ2) is 7.65. The van der Waals surface area contributed by atoms with E-state index in [0.717, 1.165) is 5.69 Å². The van der Waals surface area contributed by atoms with Crippen LogP contribution >= 0.6 is 11.6 Å². The van der Waals surface area contributed by atoms with Gasteiger partial charge in [0.05, 0.1) is 23.4 Å². The highest BCUT2D eigenvalue weighted by molar-refractivity contribution is 6.33. The van der Waals surface area contributed by atoms with Gasteiger partial charge in [-0.1, -0.05) is 23.7 Å². The molecule has 0 unspecified atom stereocenters. The number of nitrogens with one attached hydrogen (secondary N) is 3. The van der Waals surface area contributed by atoms with Gasteiger partial charge in [0.2, 0.25) is 0 Å². The Balaban J connectivity index is 1.56. The number of benzene rings is 1. The highest BCUT2D eigenvalue weighted by Crippen LogP contribution is 2.40. The maximum Gasteiger partial charge on any atom is 0.153 e. The lowest BCUT2D eigenvalue weighted by Gasteiger charge is -2.19. The third-order valence-corrected chi connectivity index (χ3v) is 4.92. The molecule has 1 aromatic carbocycles. The quantitative estimate of drug-likeness (QED) is 0.409. The first-order chi connectivity index (χ1) is 13.5. The molecule has 0 bridgehead atoms. The molecule has 9 heteroatoms. The number of rotatable bonds is 7. The first kappa shape index (κ1) is 18.5. The maximum absolute atomic E-state index is 13.2. The SMILES string of the molecule is Nc1cc(Cl)c(Nc2cc(C3CC3)[nH]n2)nc1N[C@@H](CO)c1ccc(F)cc1. The van der Waals surface area contributed by atoms with Gasteiger partial charge >= 0.3 is 0 Å². The van der Waals surface area contributed by atoms with Crippen molar-refractivity contribution in [2.24, 2.45) is 0 Å². The number of aliphatic hydroxyl groups is 1. The smallest absolute Gasteiger partial charge is 0.153 e. The highest BCUT2D eigenvalue weighted by Gasteiger charge is 2.25. The van der Waals surface area contributed by atoms with Crippen LogP contribution in [0.1, 0.15) is 36.1 Å². The molecule has 1 saturated carbocycles. The molecule has 1 aliphatic carbocycles. The predicted octanol–water partition coefficient (Wildman–Crippen LogP) is 3.95. The number of pyridine rings is 1. The normalized spacial score (nSPS) is 14.7. The van der Waals surface area contributed by atoms with Crippen molar-refractivity contribution in [3.05, 3.63) is 58.5 Å². The second-order valence-corrected chi connectivity index (χ2v) is 7.20. The molecule has 1 fully saturated rings. The Kier molecular flexibility index (Phi) is 5.06. The number of aromatic amines is 1. The van der Waals surface area contributed by atoms with E-state index in [1.54, 1.807) is 18.2 Å². The average molecular weight is 403 g/mol. The minimum Gasteiger partial charge on any atom is -0.396 e. The van der Waals surface area contributed by atoms with Crippen LogP contribution in [0, 0.1) is 5.82 Å². The fourth-order valence-electron chi connectivity index (χ4n) is 2.93. The molecular formula is C19H20ClFN6O. The van der Waals surface area contributed by atoms with Crippen LogP contribution in [0.25, 0.3) is 0 Å². The molecule has 6 N–H and O–H groups in total. The van der Waals surface area contributed by atoms with Crippen LogP contribution in [0.4, 0.5) is 27.5 Å². The number of anilines is 4. The van der Waals surface area contributed by atoms with Crippen LogP contribution < -0.4 is 16.4 Å². The van der Waals surface area contributed by atoms with Crippen molar-refractivity contribution in [2.75, 3.05) is 23.0 Å². The topological polar surface area (TPSA) is 112 Å². The van der Waals surface area contributed by atoms with Crippen molar-refractivity contribution >= 4 is 34.7 Å². The van der Waals surface area contributed by atoms with Crippen LogP contribution in [-0.4, -0.2) is 26.9 Å². The van der Waals surface area contributed by atoms with Gasteiger partial charge in [-0.15, -0.1) is 0 Å². The Bertz CT molecular complexity index is 973. The number of halogens is 2. The molecule has 0 aliphatic heterocycles. The highest BCUT2D eigenvalue weighted by atomic mass is 35.5. The number of H-pyrrole nitrogens is 1. The molecular weight excluding hydrogens is 383 g/mol. The monoisotopic (exact) mass is 402 g/mol. The van der Waals surface area contributed by atoms with Crippen molar-refractivity contribution in [1.29, 1.82) is 0 Å². The van der Waals surface area contributed by atoms with Crippen LogP contribution in [0.2, 0.25) is 5.02 Å². The van der Waals surface area contributed by atoms with Crippen LogP contribution in [-0.2, 0) is 0 Å². The Hall–Kier alpha value is -2.84. The van der Waals surface area contributed by atoms with Crippen LogP contribution in [0.3, 0.4) is 0 Å². The molecule has 3 aromatic rings. The van der Waals surface area contributed by atoms with Gasteiger partial charge in [0.1, 0.15) is 5.82 Å². The lowest BCUT2D eigenvalue weighted by atomic mass is 10.1. The second-order valence-electron chi connectivity index (χ2n) is 6.80. The number of hydrogen-bond acceptors (Lipinski definition) is 6. The molecule has 28 heavy (non-hydrogen) atoms. The molecule has 0 spiro atoms. The molecule has 1 aliphatic rings. The van der Waals surface area contributed by atoms with Crippen molar-refractivity contribution in [2.45, 2.75) is 24.8 Å². The Morgan fingerprint density at radius 2 is 2.00 bits per heavy atom. The number of nitrogen functional groups attached to an aromatic ring is 1. The predicted molar refractivity (Wildman–Crippen MR) is 107 cm³/mol. The van der Waals surface area contributed by atoms with Crippen molar-refractivity contribution in [3.63, 3.8) is 0 Å². The summed E-state index contributed by atoms with van der Waals surface area (Å²) in [6, 6.07) is 8.87. The van der Waals surface area contributed by atoms with E-state index < -0.39 is 6.04 Å². The number of aliphatic hydroxyl groups excluding tert-OH is 1. The summed E-state index contributed by atoms with van der Waals surface area (Å²) in [6.07, 6.45) is 2.34. The van der Waals surface area contributed by atoms with Crippen molar-refractivity contribution in [3.8, 4) is 0 Å². The van der Waals surface area contributed by atoms with E-state index in [9.17, 15) is 9.50 Å². The minimum absolute atomic E-state index is 0.220. The first-order valence-electron chi connectivity index (χ1n) is 8.94.